The fraction of sp³-hybridized carbons (Fsp3) is 0.500. The summed E-state index contributed by atoms with van der Waals surface area (Å²) in [7, 11) is 0. The van der Waals surface area contributed by atoms with Crippen molar-refractivity contribution in [3.8, 4) is 0 Å². The van der Waals surface area contributed by atoms with Gasteiger partial charge in [-0.2, -0.15) is 5.10 Å². The predicted octanol–water partition coefficient (Wildman–Crippen LogP) is 3.73. The number of nitrogens with one attached hydrogen (secondary N) is 1. The first-order valence-electron chi connectivity index (χ1n) is 7.39. The van der Waals surface area contributed by atoms with Crippen LogP contribution in [0.1, 0.15) is 67.1 Å². The summed E-state index contributed by atoms with van der Waals surface area (Å²) < 4.78 is 0. The third-order valence-corrected chi connectivity index (χ3v) is 4.61. The SMILES string of the molecule is c1ccc(C2CC2c2nc(C3CCCC3)n[nH]2)cc1. The highest BCUT2D eigenvalue weighted by Crippen LogP contribution is 2.53. The number of rotatable bonds is 3. The van der Waals surface area contributed by atoms with Crippen molar-refractivity contribution in [2.45, 2.75) is 49.9 Å². The van der Waals surface area contributed by atoms with Gasteiger partial charge in [-0.3, -0.25) is 5.10 Å². The van der Waals surface area contributed by atoms with Crippen molar-refractivity contribution < 1.29 is 0 Å². The number of H-pyrrole nitrogens is 1. The summed E-state index contributed by atoms with van der Waals surface area (Å²) in [6.07, 6.45) is 6.42. The van der Waals surface area contributed by atoms with Crippen LogP contribution in [0.3, 0.4) is 0 Å². The van der Waals surface area contributed by atoms with E-state index in [2.05, 4.69) is 40.5 Å². The van der Waals surface area contributed by atoms with Gasteiger partial charge in [0.25, 0.3) is 0 Å². The van der Waals surface area contributed by atoms with Crippen LogP contribution in [0.4, 0.5) is 0 Å². The number of aromatic nitrogens is 3. The zero-order chi connectivity index (χ0) is 12.7. The fourth-order valence-electron chi connectivity index (χ4n) is 3.39. The third-order valence-electron chi connectivity index (χ3n) is 4.61. The lowest BCUT2D eigenvalue weighted by Gasteiger charge is -2.01. The van der Waals surface area contributed by atoms with E-state index in [-0.39, 0.29) is 0 Å². The molecule has 3 nitrogen and oxygen atoms in total. The largest absolute Gasteiger partial charge is 0.263 e. The summed E-state index contributed by atoms with van der Waals surface area (Å²) in [6, 6.07) is 10.8. The molecule has 98 valence electrons. The first-order valence-corrected chi connectivity index (χ1v) is 7.39. The number of aromatic amines is 1. The Labute approximate surface area is 113 Å². The van der Waals surface area contributed by atoms with E-state index < -0.39 is 0 Å². The van der Waals surface area contributed by atoms with E-state index in [0.29, 0.717) is 17.8 Å². The maximum atomic E-state index is 4.76. The van der Waals surface area contributed by atoms with Crippen LogP contribution in [-0.4, -0.2) is 15.2 Å². The number of hydrogen-bond acceptors (Lipinski definition) is 2. The Bertz CT molecular complexity index is 554. The van der Waals surface area contributed by atoms with Crippen LogP contribution in [0.2, 0.25) is 0 Å². The summed E-state index contributed by atoms with van der Waals surface area (Å²) in [6.45, 7) is 0. The first kappa shape index (κ1) is 11.2. The molecule has 2 aliphatic carbocycles. The quantitative estimate of drug-likeness (QED) is 0.905. The number of benzene rings is 1. The highest BCUT2D eigenvalue weighted by atomic mass is 15.2. The van der Waals surface area contributed by atoms with Crippen molar-refractivity contribution in [3.63, 3.8) is 0 Å². The second-order valence-electron chi connectivity index (χ2n) is 5.92. The molecule has 0 radical (unpaired) electrons. The van der Waals surface area contributed by atoms with E-state index in [1.165, 1.54) is 37.7 Å². The molecule has 2 aromatic rings. The smallest absolute Gasteiger partial charge is 0.153 e. The Hall–Kier alpha value is -1.64. The highest BCUT2D eigenvalue weighted by molar-refractivity contribution is 5.31. The van der Waals surface area contributed by atoms with Crippen LogP contribution < -0.4 is 0 Å². The molecular formula is C16H19N3. The summed E-state index contributed by atoms with van der Waals surface area (Å²) in [4.78, 5) is 4.76. The van der Waals surface area contributed by atoms with Gasteiger partial charge >= 0.3 is 0 Å². The van der Waals surface area contributed by atoms with E-state index in [9.17, 15) is 0 Å². The lowest BCUT2D eigenvalue weighted by molar-refractivity contribution is 0.671. The van der Waals surface area contributed by atoms with Gasteiger partial charge in [0.2, 0.25) is 0 Å². The zero-order valence-corrected chi connectivity index (χ0v) is 11.0. The standard InChI is InChI=1S/C16H19N3/c1-2-6-11(7-3-1)13-10-14(13)16-17-15(18-19-16)12-8-4-5-9-12/h1-3,6-7,12-14H,4-5,8-10H2,(H,17,18,19). The van der Waals surface area contributed by atoms with Gasteiger partial charge in [-0.05, 0) is 30.7 Å². The molecule has 1 aromatic carbocycles. The summed E-state index contributed by atoms with van der Waals surface area (Å²) >= 11 is 0. The van der Waals surface area contributed by atoms with Crippen molar-refractivity contribution in [3.05, 3.63) is 47.5 Å². The molecule has 2 aliphatic rings. The van der Waals surface area contributed by atoms with Gasteiger partial charge in [0.05, 0.1) is 0 Å². The molecule has 0 bridgehead atoms. The Balaban J connectivity index is 1.49. The van der Waals surface area contributed by atoms with Crippen LogP contribution >= 0.6 is 0 Å². The molecule has 4 rings (SSSR count). The van der Waals surface area contributed by atoms with Crippen LogP contribution in [0.15, 0.2) is 30.3 Å². The number of nitrogens with zero attached hydrogens (tertiary/aromatic N) is 2. The van der Waals surface area contributed by atoms with E-state index >= 15 is 0 Å². The normalized spacial score (nSPS) is 26.7. The Morgan fingerprint density at radius 3 is 2.58 bits per heavy atom. The van der Waals surface area contributed by atoms with Crippen LogP contribution in [0.25, 0.3) is 0 Å². The van der Waals surface area contributed by atoms with Crippen molar-refractivity contribution in [1.29, 1.82) is 0 Å². The molecule has 2 saturated carbocycles. The van der Waals surface area contributed by atoms with Gasteiger partial charge in [-0.15, -0.1) is 0 Å². The minimum Gasteiger partial charge on any atom is -0.263 e. The predicted molar refractivity (Wildman–Crippen MR) is 74.1 cm³/mol. The van der Waals surface area contributed by atoms with Crippen LogP contribution in [0.5, 0.6) is 0 Å². The summed E-state index contributed by atoms with van der Waals surface area (Å²) in [5.41, 5.74) is 1.44. The molecule has 1 aromatic heterocycles. The molecule has 2 atom stereocenters. The van der Waals surface area contributed by atoms with Gasteiger partial charge in [0.15, 0.2) is 5.82 Å². The van der Waals surface area contributed by atoms with Crippen molar-refractivity contribution in [2.24, 2.45) is 0 Å². The molecule has 0 spiro atoms. The molecule has 2 unspecified atom stereocenters. The zero-order valence-electron chi connectivity index (χ0n) is 11.0. The molecule has 0 saturated heterocycles. The molecule has 1 heterocycles. The van der Waals surface area contributed by atoms with E-state index in [4.69, 9.17) is 4.98 Å². The van der Waals surface area contributed by atoms with E-state index in [0.717, 1.165) is 11.6 Å². The van der Waals surface area contributed by atoms with Gasteiger partial charge in [-0.25, -0.2) is 4.98 Å². The van der Waals surface area contributed by atoms with Gasteiger partial charge in [0.1, 0.15) is 5.82 Å². The van der Waals surface area contributed by atoms with E-state index in [1.54, 1.807) is 0 Å². The molecule has 3 heteroatoms. The van der Waals surface area contributed by atoms with Crippen molar-refractivity contribution >= 4 is 0 Å². The Morgan fingerprint density at radius 2 is 1.79 bits per heavy atom. The van der Waals surface area contributed by atoms with Gasteiger partial charge in [0, 0.05) is 11.8 Å². The third kappa shape index (κ3) is 2.07. The minimum atomic E-state index is 0.560. The van der Waals surface area contributed by atoms with Crippen molar-refractivity contribution in [1.82, 2.24) is 15.2 Å². The highest BCUT2D eigenvalue weighted by Gasteiger charge is 2.42. The molecule has 1 N–H and O–H groups in total. The summed E-state index contributed by atoms with van der Waals surface area (Å²) in [5, 5.41) is 7.63. The molecule has 19 heavy (non-hydrogen) atoms. The lowest BCUT2D eigenvalue weighted by Crippen LogP contribution is -1.95. The average molecular weight is 253 g/mol. The lowest BCUT2D eigenvalue weighted by atomic mass is 10.1. The maximum Gasteiger partial charge on any atom is 0.153 e. The van der Waals surface area contributed by atoms with Gasteiger partial charge < -0.3 is 0 Å². The first-order chi connectivity index (χ1) is 9.42. The average Bonchev–Trinajstić information content (AvgIpc) is 2.90. The fourth-order valence-corrected chi connectivity index (χ4v) is 3.39. The molecule has 2 fully saturated rings. The molecule has 0 amide bonds. The maximum absolute atomic E-state index is 4.76. The monoisotopic (exact) mass is 253 g/mol. The minimum absolute atomic E-state index is 0.560. The van der Waals surface area contributed by atoms with Gasteiger partial charge in [-0.1, -0.05) is 43.2 Å². The summed E-state index contributed by atoms with van der Waals surface area (Å²) in [5.74, 6) is 3.98. The van der Waals surface area contributed by atoms with Crippen molar-refractivity contribution in [2.75, 3.05) is 0 Å². The second-order valence-corrected chi connectivity index (χ2v) is 5.92. The van der Waals surface area contributed by atoms with E-state index in [1.807, 2.05) is 0 Å². The number of hydrogen-bond donors (Lipinski definition) is 1. The Kier molecular flexibility index (Phi) is 2.64. The van der Waals surface area contributed by atoms with Crippen LogP contribution in [0, 0.1) is 0 Å². The van der Waals surface area contributed by atoms with Crippen LogP contribution in [-0.2, 0) is 0 Å². The molecular weight excluding hydrogens is 234 g/mol. The topological polar surface area (TPSA) is 41.6 Å². The second kappa shape index (κ2) is 4.48. The molecule has 0 aliphatic heterocycles. The Morgan fingerprint density at radius 1 is 1.00 bits per heavy atom.